The summed E-state index contributed by atoms with van der Waals surface area (Å²) in [6.45, 7) is 12.8. The van der Waals surface area contributed by atoms with Gasteiger partial charge in [-0.1, -0.05) is 27.4 Å². The van der Waals surface area contributed by atoms with E-state index < -0.39 is 64.6 Å². The molecule has 4 aliphatic rings. The number of fused-ring (bicyclic) bond motifs is 3. The summed E-state index contributed by atoms with van der Waals surface area (Å²) < 4.78 is 11.3. The fourth-order valence-electron chi connectivity index (χ4n) is 8.51. The molecule has 0 saturated heterocycles. The van der Waals surface area contributed by atoms with Gasteiger partial charge in [-0.3, -0.25) is 9.59 Å². The van der Waals surface area contributed by atoms with Crippen molar-refractivity contribution in [2.24, 2.45) is 34.0 Å². The van der Waals surface area contributed by atoms with Crippen LogP contribution in [0, 0.1) is 34.0 Å². The molecule has 174 valence electrons. The van der Waals surface area contributed by atoms with Crippen molar-refractivity contribution in [3.8, 4) is 0 Å². The highest BCUT2D eigenvalue weighted by molar-refractivity contribution is 5.67. The van der Waals surface area contributed by atoms with Crippen LogP contribution in [-0.2, 0) is 19.1 Å². The van der Waals surface area contributed by atoms with E-state index in [9.17, 15) is 24.9 Å². The Morgan fingerprint density at radius 2 is 1.55 bits per heavy atom. The monoisotopic (exact) mass is 436 g/mol. The summed E-state index contributed by atoms with van der Waals surface area (Å²) >= 11 is 0. The van der Waals surface area contributed by atoms with Crippen molar-refractivity contribution in [1.29, 1.82) is 0 Å². The third-order valence-electron chi connectivity index (χ3n) is 9.23. The number of carbonyl (C=O) groups is 2. The molecule has 0 aromatic rings. The summed E-state index contributed by atoms with van der Waals surface area (Å²) in [6.07, 6.45) is -1.83. The van der Waals surface area contributed by atoms with Gasteiger partial charge in [0.2, 0.25) is 0 Å². The Labute approximate surface area is 183 Å². The largest absolute Gasteiger partial charge is 0.462 e. The van der Waals surface area contributed by atoms with Crippen molar-refractivity contribution in [3.63, 3.8) is 0 Å². The van der Waals surface area contributed by atoms with E-state index in [1.54, 1.807) is 0 Å². The van der Waals surface area contributed by atoms with E-state index >= 15 is 0 Å². The molecule has 1 spiro atoms. The fourth-order valence-corrected chi connectivity index (χ4v) is 8.51. The lowest BCUT2D eigenvalue weighted by atomic mass is 9.38. The molecule has 4 saturated carbocycles. The number of aliphatic hydroxyl groups excluding tert-OH is 3. The molecule has 0 radical (unpaired) electrons. The first kappa shape index (κ1) is 22.7. The molecule has 0 aromatic carbocycles. The molecule has 7 nitrogen and oxygen atoms in total. The number of hydrogen-bond acceptors (Lipinski definition) is 7. The Morgan fingerprint density at radius 3 is 2.13 bits per heavy atom. The van der Waals surface area contributed by atoms with Crippen LogP contribution >= 0.6 is 0 Å². The molecule has 3 N–H and O–H groups in total. The second-order valence-electron chi connectivity index (χ2n) is 11.3. The molecule has 4 rings (SSSR count). The summed E-state index contributed by atoms with van der Waals surface area (Å²) in [7, 11) is 0. The van der Waals surface area contributed by atoms with Crippen LogP contribution in [0.2, 0.25) is 0 Å². The zero-order valence-corrected chi connectivity index (χ0v) is 19.1. The Kier molecular flexibility index (Phi) is 5.16. The Morgan fingerprint density at radius 1 is 0.935 bits per heavy atom. The molecule has 0 amide bonds. The van der Waals surface area contributed by atoms with Crippen LogP contribution in [0.1, 0.15) is 60.3 Å². The first-order valence-corrected chi connectivity index (χ1v) is 11.3. The van der Waals surface area contributed by atoms with Crippen molar-refractivity contribution >= 4 is 11.9 Å². The number of hydrogen-bond donors (Lipinski definition) is 3. The molecule has 0 aromatic heterocycles. The first-order chi connectivity index (χ1) is 14.3. The van der Waals surface area contributed by atoms with Gasteiger partial charge >= 0.3 is 11.9 Å². The molecule has 0 aliphatic heterocycles. The maximum Gasteiger partial charge on any atom is 0.303 e. The SMILES string of the molecule is C=C1[C@@H]2C[C@H](O)[C@@H]3[C@](C2)(C[C@H](O)[C@@H]2C(C)(C)[C@@H](OC(C)=O)C[C@H](O)[C@]23C)[C@@H]1OC(C)=O. The highest BCUT2D eigenvalue weighted by atomic mass is 16.5. The highest BCUT2D eigenvalue weighted by Gasteiger charge is 2.74. The van der Waals surface area contributed by atoms with E-state index in [0.29, 0.717) is 19.3 Å². The lowest BCUT2D eigenvalue weighted by Gasteiger charge is -2.68. The highest BCUT2D eigenvalue weighted by Crippen LogP contribution is 2.72. The smallest absolute Gasteiger partial charge is 0.303 e. The predicted molar refractivity (Wildman–Crippen MR) is 112 cm³/mol. The van der Waals surface area contributed by atoms with Crippen molar-refractivity contribution in [2.75, 3.05) is 0 Å². The average Bonchev–Trinajstić information content (AvgIpc) is 2.79. The van der Waals surface area contributed by atoms with Crippen LogP contribution in [0.15, 0.2) is 12.2 Å². The van der Waals surface area contributed by atoms with Gasteiger partial charge in [-0.15, -0.1) is 0 Å². The lowest BCUT2D eigenvalue weighted by molar-refractivity contribution is -0.290. The minimum atomic E-state index is -0.898. The minimum Gasteiger partial charge on any atom is -0.462 e. The molecular weight excluding hydrogens is 400 g/mol. The third-order valence-corrected chi connectivity index (χ3v) is 9.23. The van der Waals surface area contributed by atoms with Crippen LogP contribution in [0.3, 0.4) is 0 Å². The Hall–Kier alpha value is -1.44. The summed E-state index contributed by atoms with van der Waals surface area (Å²) in [4.78, 5) is 23.7. The van der Waals surface area contributed by atoms with Gasteiger partial charge in [-0.2, -0.15) is 0 Å². The maximum atomic E-state index is 12.0. The van der Waals surface area contributed by atoms with Crippen LogP contribution in [0.5, 0.6) is 0 Å². The second kappa shape index (κ2) is 7.03. The Bertz CT molecular complexity index is 806. The molecule has 0 heterocycles. The van der Waals surface area contributed by atoms with Crippen molar-refractivity contribution in [3.05, 3.63) is 12.2 Å². The molecule has 31 heavy (non-hydrogen) atoms. The van der Waals surface area contributed by atoms with E-state index in [4.69, 9.17) is 9.47 Å². The van der Waals surface area contributed by atoms with E-state index in [0.717, 1.165) is 5.57 Å². The number of ether oxygens (including phenoxy) is 2. The zero-order valence-electron chi connectivity index (χ0n) is 19.1. The van der Waals surface area contributed by atoms with Crippen LogP contribution in [0.4, 0.5) is 0 Å². The molecule has 0 unspecified atom stereocenters. The van der Waals surface area contributed by atoms with Gasteiger partial charge in [0, 0.05) is 48.3 Å². The van der Waals surface area contributed by atoms with Gasteiger partial charge in [0.15, 0.2) is 0 Å². The summed E-state index contributed by atoms with van der Waals surface area (Å²) in [6, 6.07) is 0. The standard InChI is InChI=1S/C24H36O7/c1-11-14-7-15(27)20-23(6)17(29)8-18(30-12(2)25)22(4,5)19(23)16(28)10-24(20,9-14)21(11)31-13(3)26/h14-21,27-29H,1,7-10H2,2-6H3/t14-,15+,16+,17+,18+,19-,20+,21-,23-,24+/m1/s1. The fraction of sp³-hybridized carbons (Fsp3) is 0.833. The van der Waals surface area contributed by atoms with E-state index in [1.807, 2.05) is 20.8 Å². The lowest BCUT2D eigenvalue weighted by Crippen LogP contribution is -2.72. The predicted octanol–water partition coefficient (Wildman–Crippen LogP) is 1.97. The first-order valence-electron chi connectivity index (χ1n) is 11.3. The zero-order chi connectivity index (χ0) is 23.1. The molecule has 7 heteroatoms. The topological polar surface area (TPSA) is 113 Å². The van der Waals surface area contributed by atoms with Gasteiger partial charge in [0.1, 0.15) is 12.2 Å². The Balaban J connectivity index is 1.84. The van der Waals surface area contributed by atoms with Gasteiger partial charge in [-0.25, -0.2) is 0 Å². The summed E-state index contributed by atoms with van der Waals surface area (Å²) in [5, 5.41) is 34.4. The summed E-state index contributed by atoms with van der Waals surface area (Å²) in [5.74, 6) is -1.62. The molecule has 4 fully saturated rings. The summed E-state index contributed by atoms with van der Waals surface area (Å²) in [5.41, 5.74) is -1.36. The molecular formula is C24H36O7. The number of rotatable bonds is 2. The second-order valence-corrected chi connectivity index (χ2v) is 11.3. The van der Waals surface area contributed by atoms with Crippen molar-refractivity contribution < 1.29 is 34.4 Å². The van der Waals surface area contributed by atoms with Gasteiger partial charge in [0.05, 0.1) is 18.3 Å². The van der Waals surface area contributed by atoms with E-state index in [1.165, 1.54) is 13.8 Å². The molecule has 4 aliphatic carbocycles. The van der Waals surface area contributed by atoms with Gasteiger partial charge < -0.3 is 24.8 Å². The number of carbonyl (C=O) groups excluding carboxylic acids is 2. The van der Waals surface area contributed by atoms with Crippen molar-refractivity contribution in [2.45, 2.75) is 90.8 Å². The normalized spacial score (nSPS) is 50.3. The van der Waals surface area contributed by atoms with Gasteiger partial charge in [0.25, 0.3) is 0 Å². The average molecular weight is 437 g/mol. The minimum absolute atomic E-state index is 0.0190. The number of esters is 2. The van der Waals surface area contributed by atoms with E-state index in [-0.39, 0.29) is 18.3 Å². The number of aliphatic hydroxyl groups is 3. The van der Waals surface area contributed by atoms with Gasteiger partial charge in [-0.05, 0) is 30.8 Å². The van der Waals surface area contributed by atoms with Crippen LogP contribution in [0.25, 0.3) is 0 Å². The van der Waals surface area contributed by atoms with Crippen LogP contribution < -0.4 is 0 Å². The van der Waals surface area contributed by atoms with E-state index in [2.05, 4.69) is 6.58 Å². The molecule has 2 bridgehead atoms. The van der Waals surface area contributed by atoms with Crippen LogP contribution in [-0.4, -0.2) is 57.8 Å². The van der Waals surface area contributed by atoms with Crippen molar-refractivity contribution in [1.82, 2.24) is 0 Å². The molecule has 10 atom stereocenters. The quantitative estimate of drug-likeness (QED) is 0.448. The third kappa shape index (κ3) is 2.96. The maximum absolute atomic E-state index is 12.0.